The average Bonchev–Trinajstić information content (AvgIpc) is 3.21. The molecule has 0 saturated carbocycles. The van der Waals surface area contributed by atoms with E-state index < -0.39 is 0 Å². The fourth-order valence-corrected chi connectivity index (χ4v) is 3.78. The van der Waals surface area contributed by atoms with Gasteiger partial charge in [-0.2, -0.15) is 0 Å². The molecule has 3 aliphatic rings. The van der Waals surface area contributed by atoms with Crippen LogP contribution in [0.25, 0.3) is 0 Å². The average molecular weight is 336 g/mol. The predicted molar refractivity (Wildman–Crippen MR) is 86.6 cm³/mol. The third-order valence-electron chi connectivity index (χ3n) is 4.97. The van der Waals surface area contributed by atoms with Gasteiger partial charge < -0.3 is 24.1 Å². The first kappa shape index (κ1) is 16.0. The van der Waals surface area contributed by atoms with Crippen LogP contribution in [0.5, 0.6) is 17.2 Å². The zero-order chi connectivity index (χ0) is 16.5. The van der Waals surface area contributed by atoms with Crippen molar-refractivity contribution in [3.8, 4) is 17.2 Å². The Morgan fingerprint density at radius 1 is 1.21 bits per heavy atom. The van der Waals surface area contributed by atoms with E-state index in [4.69, 9.17) is 18.9 Å². The van der Waals surface area contributed by atoms with Gasteiger partial charge in [-0.05, 0) is 17.7 Å². The molecule has 1 N–H and O–H groups in total. The maximum atomic E-state index is 10.5. The van der Waals surface area contributed by atoms with Crippen molar-refractivity contribution in [1.29, 1.82) is 0 Å². The number of aliphatic hydroxyl groups excluding tert-OH is 1. The summed E-state index contributed by atoms with van der Waals surface area (Å²) in [6.07, 6.45) is -0.320. The number of rotatable bonds is 4. The third-order valence-corrected chi connectivity index (χ3v) is 4.97. The molecule has 0 bridgehead atoms. The maximum Gasteiger partial charge on any atom is 0.231 e. The minimum absolute atomic E-state index is 0.185. The lowest BCUT2D eigenvalue weighted by atomic mass is 10.1. The van der Waals surface area contributed by atoms with E-state index in [9.17, 15) is 5.11 Å². The molecule has 24 heavy (non-hydrogen) atoms. The molecule has 7 nitrogen and oxygen atoms in total. The van der Waals surface area contributed by atoms with Crippen molar-refractivity contribution in [3.63, 3.8) is 0 Å². The Hall–Kier alpha value is -1.54. The van der Waals surface area contributed by atoms with Crippen LogP contribution >= 0.6 is 0 Å². The molecule has 0 spiro atoms. The number of ether oxygens (including phenoxy) is 4. The molecule has 0 unspecified atom stereocenters. The SMILES string of the molecule is COc1cc(CN2C[C@H](O)[C@@H](N3CCOCC3)C2)cc2c1OCO2. The highest BCUT2D eigenvalue weighted by Crippen LogP contribution is 2.42. The van der Waals surface area contributed by atoms with Crippen molar-refractivity contribution in [2.75, 3.05) is 53.3 Å². The maximum absolute atomic E-state index is 10.5. The first-order valence-corrected chi connectivity index (χ1v) is 8.43. The second kappa shape index (κ2) is 6.76. The number of fused-ring (bicyclic) bond motifs is 1. The number of hydrogen-bond acceptors (Lipinski definition) is 7. The summed E-state index contributed by atoms with van der Waals surface area (Å²) in [5.74, 6) is 2.10. The first-order chi connectivity index (χ1) is 11.7. The summed E-state index contributed by atoms with van der Waals surface area (Å²) in [6, 6.07) is 4.17. The van der Waals surface area contributed by atoms with Crippen molar-refractivity contribution < 1.29 is 24.1 Å². The van der Waals surface area contributed by atoms with E-state index in [1.807, 2.05) is 12.1 Å². The van der Waals surface area contributed by atoms with Gasteiger partial charge in [-0.1, -0.05) is 0 Å². The molecule has 132 valence electrons. The van der Waals surface area contributed by atoms with E-state index in [0.29, 0.717) is 18.0 Å². The van der Waals surface area contributed by atoms with Crippen molar-refractivity contribution >= 4 is 0 Å². The van der Waals surface area contributed by atoms with Crippen LogP contribution in [0.4, 0.5) is 0 Å². The summed E-state index contributed by atoms with van der Waals surface area (Å²) in [6.45, 7) is 5.82. The molecule has 7 heteroatoms. The Labute approximate surface area is 141 Å². The Morgan fingerprint density at radius 2 is 2.04 bits per heavy atom. The van der Waals surface area contributed by atoms with Gasteiger partial charge in [0.05, 0.1) is 26.4 Å². The van der Waals surface area contributed by atoms with E-state index in [-0.39, 0.29) is 18.9 Å². The Bertz CT molecular complexity index is 591. The largest absolute Gasteiger partial charge is 0.493 e. The summed E-state index contributed by atoms with van der Waals surface area (Å²) < 4.78 is 21.7. The van der Waals surface area contributed by atoms with Gasteiger partial charge in [0, 0.05) is 38.8 Å². The third kappa shape index (κ3) is 3.04. The van der Waals surface area contributed by atoms with Crippen molar-refractivity contribution in [2.24, 2.45) is 0 Å². The van der Waals surface area contributed by atoms with Crippen LogP contribution in [0.1, 0.15) is 5.56 Å². The van der Waals surface area contributed by atoms with Gasteiger partial charge >= 0.3 is 0 Å². The number of benzene rings is 1. The minimum Gasteiger partial charge on any atom is -0.493 e. The highest BCUT2D eigenvalue weighted by Gasteiger charge is 2.36. The summed E-state index contributed by atoms with van der Waals surface area (Å²) in [7, 11) is 1.63. The number of hydrogen-bond donors (Lipinski definition) is 1. The highest BCUT2D eigenvalue weighted by molar-refractivity contribution is 5.55. The molecule has 1 aromatic rings. The lowest BCUT2D eigenvalue weighted by Gasteiger charge is -2.33. The number of likely N-dealkylation sites (tertiary alicyclic amines) is 1. The van der Waals surface area contributed by atoms with E-state index in [1.54, 1.807) is 7.11 Å². The number of β-amino-alcohol motifs (C(OH)–C–C–N with tert-alkyl or cyclic N) is 1. The van der Waals surface area contributed by atoms with Crippen LogP contribution in [-0.2, 0) is 11.3 Å². The molecule has 2 saturated heterocycles. The molecule has 0 aromatic heterocycles. The molecule has 2 fully saturated rings. The summed E-state index contributed by atoms with van der Waals surface area (Å²) in [4.78, 5) is 4.62. The predicted octanol–water partition coefficient (Wildman–Crippen LogP) is 0.301. The molecular formula is C17H24N2O5. The normalized spacial score (nSPS) is 27.6. The number of morpholine rings is 1. The number of methoxy groups -OCH3 is 1. The zero-order valence-electron chi connectivity index (χ0n) is 13.9. The topological polar surface area (TPSA) is 63.6 Å². The van der Waals surface area contributed by atoms with Gasteiger partial charge in [0.1, 0.15) is 0 Å². The second-order valence-corrected chi connectivity index (χ2v) is 6.51. The molecule has 0 amide bonds. The van der Waals surface area contributed by atoms with Crippen LogP contribution in [0.15, 0.2) is 12.1 Å². The molecule has 0 aliphatic carbocycles. The second-order valence-electron chi connectivity index (χ2n) is 6.51. The Kier molecular flexibility index (Phi) is 4.49. The van der Waals surface area contributed by atoms with Gasteiger partial charge in [-0.15, -0.1) is 0 Å². The quantitative estimate of drug-likeness (QED) is 0.848. The minimum atomic E-state index is -0.320. The molecule has 3 aliphatic heterocycles. The lowest BCUT2D eigenvalue weighted by Crippen LogP contribution is -2.48. The summed E-state index contributed by atoms with van der Waals surface area (Å²) in [5.41, 5.74) is 1.10. The molecule has 2 atom stereocenters. The smallest absolute Gasteiger partial charge is 0.231 e. The Morgan fingerprint density at radius 3 is 2.83 bits per heavy atom. The van der Waals surface area contributed by atoms with Crippen LogP contribution in [0, 0.1) is 0 Å². The van der Waals surface area contributed by atoms with Crippen LogP contribution in [0.2, 0.25) is 0 Å². The van der Waals surface area contributed by atoms with E-state index in [0.717, 1.165) is 50.7 Å². The molecule has 1 aromatic carbocycles. The Balaban J connectivity index is 1.44. The summed E-state index contributed by atoms with van der Waals surface area (Å²) >= 11 is 0. The van der Waals surface area contributed by atoms with Gasteiger partial charge in [0.25, 0.3) is 0 Å². The van der Waals surface area contributed by atoms with Gasteiger partial charge in [0.15, 0.2) is 11.5 Å². The zero-order valence-corrected chi connectivity index (χ0v) is 13.9. The number of nitrogens with zero attached hydrogens (tertiary/aromatic N) is 2. The van der Waals surface area contributed by atoms with Crippen LogP contribution in [-0.4, -0.2) is 80.3 Å². The molecular weight excluding hydrogens is 312 g/mol. The van der Waals surface area contributed by atoms with E-state index >= 15 is 0 Å². The number of aliphatic hydroxyl groups is 1. The van der Waals surface area contributed by atoms with Gasteiger partial charge in [0.2, 0.25) is 12.5 Å². The fraction of sp³-hybridized carbons (Fsp3) is 0.647. The van der Waals surface area contributed by atoms with E-state index in [1.165, 1.54) is 0 Å². The summed E-state index contributed by atoms with van der Waals surface area (Å²) in [5, 5.41) is 10.5. The monoisotopic (exact) mass is 336 g/mol. The van der Waals surface area contributed by atoms with Crippen LogP contribution in [0.3, 0.4) is 0 Å². The van der Waals surface area contributed by atoms with Crippen LogP contribution < -0.4 is 14.2 Å². The standard InChI is InChI=1S/C17H24N2O5/c1-21-15-6-12(7-16-17(15)24-11-23-16)8-18-9-13(14(20)10-18)19-2-4-22-5-3-19/h6-7,13-14,20H,2-5,8-11H2,1H3/t13-,14-/m0/s1. The van der Waals surface area contributed by atoms with Gasteiger partial charge in [-0.3, -0.25) is 9.80 Å². The highest BCUT2D eigenvalue weighted by atomic mass is 16.7. The van der Waals surface area contributed by atoms with E-state index in [2.05, 4.69) is 9.80 Å². The fourth-order valence-electron chi connectivity index (χ4n) is 3.78. The van der Waals surface area contributed by atoms with Crippen molar-refractivity contribution in [1.82, 2.24) is 9.80 Å². The molecule has 4 rings (SSSR count). The first-order valence-electron chi connectivity index (χ1n) is 8.43. The lowest BCUT2D eigenvalue weighted by molar-refractivity contribution is -0.00618. The van der Waals surface area contributed by atoms with Gasteiger partial charge in [-0.25, -0.2) is 0 Å². The molecule has 3 heterocycles. The van der Waals surface area contributed by atoms with Crippen molar-refractivity contribution in [3.05, 3.63) is 17.7 Å². The van der Waals surface area contributed by atoms with Crippen molar-refractivity contribution in [2.45, 2.75) is 18.7 Å². The molecule has 0 radical (unpaired) electrons.